The molecule has 5 nitrogen and oxygen atoms in total. The largest absolute Gasteiger partial charge is 0.497 e. The van der Waals surface area contributed by atoms with E-state index in [1.807, 2.05) is 66.7 Å². The predicted molar refractivity (Wildman–Crippen MR) is 117 cm³/mol. The molecule has 1 unspecified atom stereocenters. The molecule has 0 saturated carbocycles. The van der Waals surface area contributed by atoms with E-state index >= 15 is 0 Å². The fraction of sp³-hybridized carbons (Fsp3) is 0.200. The molecule has 1 aliphatic rings. The molecule has 0 aliphatic carbocycles. The lowest BCUT2D eigenvalue weighted by atomic mass is 10.0. The minimum Gasteiger partial charge on any atom is -0.497 e. The van der Waals surface area contributed by atoms with Gasteiger partial charge in [-0.05, 0) is 41.0 Å². The topological polar surface area (TPSA) is 58.6 Å². The highest BCUT2D eigenvalue weighted by atomic mass is 16.5. The smallest absolute Gasteiger partial charge is 0.229 e. The zero-order valence-electron chi connectivity index (χ0n) is 16.9. The van der Waals surface area contributed by atoms with Gasteiger partial charge in [-0.25, -0.2) is 0 Å². The van der Waals surface area contributed by atoms with E-state index < -0.39 is 0 Å². The Morgan fingerprint density at radius 3 is 2.30 bits per heavy atom. The molecule has 1 heterocycles. The van der Waals surface area contributed by atoms with Crippen molar-refractivity contribution >= 4 is 17.5 Å². The molecule has 1 atom stereocenters. The molecular formula is C25H24N2O3. The second kappa shape index (κ2) is 8.82. The SMILES string of the molecule is COc1ccc(N2CC(NC(=O)Cc3ccc(-c4ccccc4)cc3)CC2=O)cc1. The van der Waals surface area contributed by atoms with Crippen molar-refractivity contribution in [1.29, 1.82) is 0 Å². The molecule has 152 valence electrons. The molecule has 0 radical (unpaired) electrons. The maximum Gasteiger partial charge on any atom is 0.229 e. The number of benzene rings is 3. The van der Waals surface area contributed by atoms with Gasteiger partial charge in [-0.2, -0.15) is 0 Å². The van der Waals surface area contributed by atoms with Crippen LogP contribution in [0.2, 0.25) is 0 Å². The van der Waals surface area contributed by atoms with E-state index in [2.05, 4.69) is 17.4 Å². The van der Waals surface area contributed by atoms with Gasteiger partial charge >= 0.3 is 0 Å². The van der Waals surface area contributed by atoms with Gasteiger partial charge in [0.05, 0.1) is 19.6 Å². The molecule has 0 bridgehead atoms. The van der Waals surface area contributed by atoms with E-state index in [9.17, 15) is 9.59 Å². The van der Waals surface area contributed by atoms with Crippen LogP contribution in [0.5, 0.6) is 5.75 Å². The van der Waals surface area contributed by atoms with Gasteiger partial charge in [0.15, 0.2) is 0 Å². The van der Waals surface area contributed by atoms with E-state index in [4.69, 9.17) is 4.74 Å². The fourth-order valence-corrected chi connectivity index (χ4v) is 3.73. The highest BCUT2D eigenvalue weighted by Crippen LogP contribution is 2.24. The average molecular weight is 400 g/mol. The van der Waals surface area contributed by atoms with Crippen molar-refractivity contribution in [3.05, 3.63) is 84.4 Å². The van der Waals surface area contributed by atoms with Gasteiger partial charge in [-0.3, -0.25) is 9.59 Å². The fourth-order valence-electron chi connectivity index (χ4n) is 3.73. The molecule has 5 heteroatoms. The Balaban J connectivity index is 1.33. The predicted octanol–water partition coefficient (Wildman–Crippen LogP) is 3.83. The molecule has 3 aromatic rings. The van der Waals surface area contributed by atoms with Crippen LogP contribution in [0.3, 0.4) is 0 Å². The molecule has 0 spiro atoms. The van der Waals surface area contributed by atoms with Crippen LogP contribution >= 0.6 is 0 Å². The minimum atomic E-state index is -0.185. The lowest BCUT2D eigenvalue weighted by Gasteiger charge is -2.17. The van der Waals surface area contributed by atoms with Crippen LogP contribution < -0.4 is 15.0 Å². The summed E-state index contributed by atoms with van der Waals surface area (Å²) >= 11 is 0. The molecule has 1 fully saturated rings. The van der Waals surface area contributed by atoms with Gasteiger partial charge in [0.1, 0.15) is 5.75 Å². The third kappa shape index (κ3) is 4.51. The lowest BCUT2D eigenvalue weighted by molar-refractivity contribution is -0.121. The van der Waals surface area contributed by atoms with E-state index in [1.165, 1.54) is 0 Å². The number of anilines is 1. The zero-order valence-corrected chi connectivity index (χ0v) is 16.9. The third-order valence-electron chi connectivity index (χ3n) is 5.30. The maximum absolute atomic E-state index is 12.5. The van der Waals surface area contributed by atoms with Crippen LogP contribution in [0, 0.1) is 0 Å². The minimum absolute atomic E-state index is 0.0117. The molecule has 4 rings (SSSR count). The summed E-state index contributed by atoms with van der Waals surface area (Å²) in [6.07, 6.45) is 0.604. The summed E-state index contributed by atoms with van der Waals surface area (Å²) in [5, 5.41) is 3.00. The highest BCUT2D eigenvalue weighted by Gasteiger charge is 2.31. The number of carbonyl (C=O) groups is 2. The number of amides is 2. The summed E-state index contributed by atoms with van der Waals surface area (Å²) in [4.78, 5) is 26.6. The first-order chi connectivity index (χ1) is 14.6. The molecule has 1 N–H and O–H groups in total. The van der Waals surface area contributed by atoms with Crippen molar-refractivity contribution in [2.24, 2.45) is 0 Å². The Kier molecular flexibility index (Phi) is 5.80. The van der Waals surface area contributed by atoms with Crippen LogP contribution in [0.4, 0.5) is 5.69 Å². The first-order valence-corrected chi connectivity index (χ1v) is 10.0. The van der Waals surface area contributed by atoms with Crippen molar-refractivity contribution < 1.29 is 14.3 Å². The van der Waals surface area contributed by atoms with Crippen LogP contribution in [0.15, 0.2) is 78.9 Å². The van der Waals surface area contributed by atoms with E-state index in [-0.39, 0.29) is 17.9 Å². The molecule has 30 heavy (non-hydrogen) atoms. The van der Waals surface area contributed by atoms with Crippen LogP contribution in [-0.4, -0.2) is 31.5 Å². The summed E-state index contributed by atoms with van der Waals surface area (Å²) in [6.45, 7) is 0.476. The van der Waals surface area contributed by atoms with E-state index in [1.54, 1.807) is 12.0 Å². The van der Waals surface area contributed by atoms with Gasteiger partial charge in [-0.1, -0.05) is 54.6 Å². The zero-order chi connectivity index (χ0) is 20.9. The van der Waals surface area contributed by atoms with Crippen molar-refractivity contribution in [3.8, 4) is 16.9 Å². The second-order valence-corrected chi connectivity index (χ2v) is 7.41. The number of ether oxygens (including phenoxy) is 1. The quantitative estimate of drug-likeness (QED) is 0.684. The molecule has 0 aromatic heterocycles. The Labute approximate surface area is 176 Å². The molecule has 2 amide bonds. The summed E-state index contributed by atoms with van der Waals surface area (Å²) < 4.78 is 5.16. The average Bonchev–Trinajstić information content (AvgIpc) is 3.14. The maximum atomic E-state index is 12.5. The number of hydrogen-bond donors (Lipinski definition) is 1. The number of carbonyl (C=O) groups excluding carboxylic acids is 2. The van der Waals surface area contributed by atoms with Crippen molar-refractivity contribution in [2.45, 2.75) is 18.9 Å². The van der Waals surface area contributed by atoms with Crippen molar-refractivity contribution in [1.82, 2.24) is 5.32 Å². The summed E-state index contributed by atoms with van der Waals surface area (Å²) in [5.74, 6) is 0.683. The van der Waals surface area contributed by atoms with Crippen LogP contribution in [0.25, 0.3) is 11.1 Å². The Morgan fingerprint density at radius 1 is 0.967 bits per heavy atom. The van der Waals surface area contributed by atoms with E-state index in [0.29, 0.717) is 19.4 Å². The monoisotopic (exact) mass is 400 g/mol. The second-order valence-electron chi connectivity index (χ2n) is 7.41. The van der Waals surface area contributed by atoms with Gasteiger partial charge in [0.2, 0.25) is 11.8 Å². The van der Waals surface area contributed by atoms with Crippen LogP contribution in [-0.2, 0) is 16.0 Å². The number of nitrogens with one attached hydrogen (secondary N) is 1. The van der Waals surface area contributed by atoms with Gasteiger partial charge in [0.25, 0.3) is 0 Å². The summed E-state index contributed by atoms with van der Waals surface area (Å²) in [5.41, 5.74) is 4.03. The van der Waals surface area contributed by atoms with Crippen molar-refractivity contribution in [3.63, 3.8) is 0 Å². The number of hydrogen-bond acceptors (Lipinski definition) is 3. The van der Waals surface area contributed by atoms with E-state index in [0.717, 1.165) is 28.1 Å². The standard InChI is InChI=1S/C25H24N2O3/c1-30-23-13-11-22(12-14-23)27-17-21(16-25(27)29)26-24(28)15-18-7-9-20(10-8-18)19-5-3-2-4-6-19/h2-14,21H,15-17H2,1H3,(H,26,28). The summed E-state index contributed by atoms with van der Waals surface area (Å²) in [7, 11) is 1.61. The lowest BCUT2D eigenvalue weighted by Crippen LogP contribution is -2.38. The highest BCUT2D eigenvalue weighted by molar-refractivity contribution is 5.97. The first kappa shape index (κ1) is 19.7. The first-order valence-electron chi connectivity index (χ1n) is 10.0. The third-order valence-corrected chi connectivity index (χ3v) is 5.30. The Bertz CT molecular complexity index is 1010. The van der Waals surface area contributed by atoms with Crippen molar-refractivity contribution in [2.75, 3.05) is 18.6 Å². The molecule has 1 aliphatic heterocycles. The van der Waals surface area contributed by atoms with Gasteiger partial charge in [-0.15, -0.1) is 0 Å². The molecule has 1 saturated heterocycles. The summed E-state index contributed by atoms with van der Waals surface area (Å²) in [6, 6.07) is 25.3. The Hall–Kier alpha value is -3.60. The Morgan fingerprint density at radius 2 is 1.63 bits per heavy atom. The van der Waals surface area contributed by atoms with Gasteiger partial charge in [0, 0.05) is 18.7 Å². The van der Waals surface area contributed by atoms with Crippen LogP contribution in [0.1, 0.15) is 12.0 Å². The number of nitrogens with zero attached hydrogens (tertiary/aromatic N) is 1. The molecule has 3 aromatic carbocycles. The number of methoxy groups -OCH3 is 1. The number of rotatable bonds is 6. The normalized spacial score (nSPS) is 15.8. The van der Waals surface area contributed by atoms with Gasteiger partial charge < -0.3 is 15.0 Å². The molecular weight excluding hydrogens is 376 g/mol.